The van der Waals surface area contributed by atoms with Gasteiger partial charge in [-0.3, -0.25) is 4.79 Å². The molecule has 3 nitrogen and oxygen atoms in total. The summed E-state index contributed by atoms with van der Waals surface area (Å²) in [5, 5.41) is 8.86. The molecule has 1 fully saturated rings. The van der Waals surface area contributed by atoms with Crippen LogP contribution < -0.4 is 0 Å². The van der Waals surface area contributed by atoms with E-state index in [-0.39, 0.29) is 6.54 Å². The molecule has 1 aliphatic carbocycles. The Morgan fingerprint density at radius 1 is 1.24 bits per heavy atom. The summed E-state index contributed by atoms with van der Waals surface area (Å²) < 4.78 is 50.5. The average Bonchev–Trinajstić information content (AvgIpc) is 3.18. The molecule has 7 heteroatoms. The third kappa shape index (κ3) is 3.53. The number of carbonyl (C=O) groups excluding carboxylic acids is 1. The van der Waals surface area contributed by atoms with Crippen LogP contribution >= 0.6 is 0 Å². The van der Waals surface area contributed by atoms with E-state index in [2.05, 4.69) is 0 Å². The van der Waals surface area contributed by atoms with E-state index >= 15 is 0 Å². The molecule has 1 aromatic carbocycles. The lowest BCUT2D eigenvalue weighted by molar-refractivity contribution is -0.163. The highest BCUT2D eigenvalue weighted by molar-refractivity contribution is 5.91. The maximum absolute atomic E-state index is 12.9. The van der Waals surface area contributed by atoms with Gasteiger partial charge in [-0.05, 0) is 30.5 Å². The number of benzene rings is 1. The Morgan fingerprint density at radius 3 is 2.24 bits per heavy atom. The first-order valence-electron chi connectivity index (χ1n) is 6.51. The van der Waals surface area contributed by atoms with Crippen LogP contribution in [0.15, 0.2) is 24.3 Å². The first kappa shape index (κ1) is 15.8. The summed E-state index contributed by atoms with van der Waals surface area (Å²) in [4.78, 5) is 13.0. The van der Waals surface area contributed by atoms with Gasteiger partial charge in [0.15, 0.2) is 0 Å². The van der Waals surface area contributed by atoms with Gasteiger partial charge in [0.05, 0.1) is 12.0 Å². The molecular formula is C14H15F4NO2. The molecule has 0 aromatic heterocycles. The Kier molecular flexibility index (Phi) is 4.22. The second-order valence-electron chi connectivity index (χ2n) is 5.15. The Hall–Kier alpha value is -1.63. The molecule has 0 saturated heterocycles. The Bertz CT molecular complexity index is 509. The largest absolute Gasteiger partial charge is 0.406 e. The minimum absolute atomic E-state index is 0.374. The average molecular weight is 305 g/mol. The molecule has 0 atom stereocenters. The highest BCUT2D eigenvalue weighted by Crippen LogP contribution is 2.49. The van der Waals surface area contributed by atoms with Crippen LogP contribution in [0, 0.1) is 5.82 Å². The van der Waals surface area contributed by atoms with Crippen LogP contribution in [0.2, 0.25) is 0 Å². The summed E-state index contributed by atoms with van der Waals surface area (Å²) in [5.41, 5.74) is -0.493. The van der Waals surface area contributed by atoms with Crippen LogP contribution in [0.4, 0.5) is 17.6 Å². The first-order chi connectivity index (χ1) is 9.78. The fourth-order valence-electron chi connectivity index (χ4n) is 2.41. The van der Waals surface area contributed by atoms with Crippen molar-refractivity contribution >= 4 is 5.91 Å². The number of amides is 1. The highest BCUT2D eigenvalue weighted by Gasteiger charge is 2.54. The van der Waals surface area contributed by atoms with E-state index in [9.17, 15) is 22.4 Å². The van der Waals surface area contributed by atoms with Crippen LogP contribution in [0.1, 0.15) is 18.4 Å². The summed E-state index contributed by atoms with van der Waals surface area (Å²) >= 11 is 0. The van der Waals surface area contributed by atoms with Crippen LogP contribution in [0.5, 0.6) is 0 Å². The van der Waals surface area contributed by atoms with Gasteiger partial charge in [0.1, 0.15) is 12.4 Å². The van der Waals surface area contributed by atoms with Gasteiger partial charge in [-0.25, -0.2) is 4.39 Å². The number of alkyl halides is 3. The summed E-state index contributed by atoms with van der Waals surface area (Å²) in [6.45, 7) is -2.31. The first-order valence-corrected chi connectivity index (χ1v) is 6.51. The topological polar surface area (TPSA) is 40.5 Å². The predicted molar refractivity (Wildman–Crippen MR) is 67.0 cm³/mol. The molecule has 0 heterocycles. The molecule has 0 radical (unpaired) electrons. The van der Waals surface area contributed by atoms with Gasteiger partial charge in [0.2, 0.25) is 5.91 Å². The number of hydrogen-bond acceptors (Lipinski definition) is 2. The predicted octanol–water partition coefficient (Wildman–Crippen LogP) is 2.24. The zero-order valence-electron chi connectivity index (χ0n) is 11.2. The zero-order chi connectivity index (χ0) is 15.7. The van der Waals surface area contributed by atoms with Gasteiger partial charge < -0.3 is 10.0 Å². The summed E-state index contributed by atoms with van der Waals surface area (Å²) in [6, 6.07) is 5.21. The van der Waals surface area contributed by atoms with Gasteiger partial charge in [0, 0.05) is 6.54 Å². The fraction of sp³-hybridized carbons (Fsp3) is 0.500. The van der Waals surface area contributed by atoms with Crippen molar-refractivity contribution in [1.82, 2.24) is 4.90 Å². The van der Waals surface area contributed by atoms with Crippen LogP contribution in [0.3, 0.4) is 0 Å². The van der Waals surface area contributed by atoms with Gasteiger partial charge in [-0.15, -0.1) is 0 Å². The molecule has 1 aliphatic rings. The van der Waals surface area contributed by atoms with E-state index in [1.165, 1.54) is 24.3 Å². The highest BCUT2D eigenvalue weighted by atomic mass is 19.4. The third-order valence-electron chi connectivity index (χ3n) is 3.58. The monoisotopic (exact) mass is 305 g/mol. The van der Waals surface area contributed by atoms with Crippen LogP contribution in [0.25, 0.3) is 0 Å². The van der Waals surface area contributed by atoms with Crippen molar-refractivity contribution in [2.45, 2.75) is 24.4 Å². The van der Waals surface area contributed by atoms with E-state index in [0.29, 0.717) is 23.3 Å². The van der Waals surface area contributed by atoms with Gasteiger partial charge in [0.25, 0.3) is 0 Å². The molecule has 0 unspecified atom stereocenters. The van der Waals surface area contributed by atoms with Gasteiger partial charge in [-0.1, -0.05) is 12.1 Å². The Balaban J connectivity index is 2.21. The number of rotatable bonds is 5. The number of hydrogen-bond donors (Lipinski definition) is 1. The SMILES string of the molecule is O=C(N(CCO)CC(F)(F)F)C1(c2ccc(F)cc2)CC1. The molecule has 1 amide bonds. The van der Waals surface area contributed by atoms with Crippen molar-refractivity contribution in [2.24, 2.45) is 0 Å². The number of nitrogens with zero attached hydrogens (tertiary/aromatic N) is 1. The van der Waals surface area contributed by atoms with Crippen LogP contribution in [-0.2, 0) is 10.2 Å². The maximum atomic E-state index is 12.9. The summed E-state index contributed by atoms with van der Waals surface area (Å²) in [5.74, 6) is -1.13. The van der Waals surface area contributed by atoms with E-state index in [4.69, 9.17) is 5.11 Å². The molecule has 21 heavy (non-hydrogen) atoms. The van der Waals surface area contributed by atoms with Crippen molar-refractivity contribution < 1.29 is 27.5 Å². The molecule has 1 saturated carbocycles. The fourth-order valence-corrected chi connectivity index (χ4v) is 2.41. The molecule has 0 bridgehead atoms. The number of halogens is 4. The molecule has 0 aliphatic heterocycles. The minimum atomic E-state index is -4.52. The van der Waals surface area contributed by atoms with Crippen LogP contribution in [-0.4, -0.2) is 41.8 Å². The quantitative estimate of drug-likeness (QED) is 0.848. The molecular weight excluding hydrogens is 290 g/mol. The van der Waals surface area contributed by atoms with Crippen molar-refractivity contribution in [2.75, 3.05) is 19.7 Å². The molecule has 1 N–H and O–H groups in total. The lowest BCUT2D eigenvalue weighted by Crippen LogP contribution is -2.45. The number of aliphatic hydroxyl groups excluding tert-OH is 1. The molecule has 2 rings (SSSR count). The summed E-state index contributed by atoms with van der Waals surface area (Å²) in [7, 11) is 0. The standard InChI is InChI=1S/C14H15F4NO2/c15-11-3-1-10(2-4-11)13(5-6-13)12(21)19(7-8-20)9-14(16,17)18/h1-4,20H,5-9H2. The lowest BCUT2D eigenvalue weighted by atomic mass is 9.94. The Labute approximate surface area is 119 Å². The molecule has 116 valence electrons. The van der Waals surface area contributed by atoms with E-state index in [0.717, 1.165) is 0 Å². The zero-order valence-corrected chi connectivity index (χ0v) is 11.2. The van der Waals surface area contributed by atoms with Gasteiger partial charge in [-0.2, -0.15) is 13.2 Å². The van der Waals surface area contributed by atoms with Crippen molar-refractivity contribution in [3.63, 3.8) is 0 Å². The van der Waals surface area contributed by atoms with Crippen molar-refractivity contribution in [3.05, 3.63) is 35.6 Å². The number of aliphatic hydroxyl groups is 1. The molecule has 1 aromatic rings. The Morgan fingerprint density at radius 2 is 1.81 bits per heavy atom. The third-order valence-corrected chi connectivity index (χ3v) is 3.58. The van der Waals surface area contributed by atoms with E-state index < -0.39 is 36.5 Å². The smallest absolute Gasteiger partial charge is 0.395 e. The summed E-state index contributed by atoms with van der Waals surface area (Å²) in [6.07, 6.45) is -3.67. The lowest BCUT2D eigenvalue weighted by Gasteiger charge is -2.28. The van der Waals surface area contributed by atoms with Gasteiger partial charge >= 0.3 is 6.18 Å². The maximum Gasteiger partial charge on any atom is 0.406 e. The second-order valence-corrected chi connectivity index (χ2v) is 5.15. The normalized spacial score (nSPS) is 16.6. The minimum Gasteiger partial charge on any atom is -0.395 e. The van der Waals surface area contributed by atoms with E-state index in [1.807, 2.05) is 0 Å². The number of carbonyl (C=O) groups is 1. The second kappa shape index (κ2) is 5.63. The van der Waals surface area contributed by atoms with E-state index in [1.54, 1.807) is 0 Å². The molecule has 0 spiro atoms. The van der Waals surface area contributed by atoms with Crippen molar-refractivity contribution in [3.8, 4) is 0 Å². The van der Waals surface area contributed by atoms with Crippen molar-refractivity contribution in [1.29, 1.82) is 0 Å².